The highest BCUT2D eigenvalue weighted by molar-refractivity contribution is 7.91. The first-order valence-electron chi connectivity index (χ1n) is 11.5. The zero-order valence-electron chi connectivity index (χ0n) is 19.6. The maximum atomic E-state index is 13.1. The summed E-state index contributed by atoms with van der Waals surface area (Å²) in [6.45, 7) is 1.92. The molecule has 1 fully saturated rings. The van der Waals surface area contributed by atoms with Gasteiger partial charge in [-0.1, -0.05) is 23.7 Å². The number of alkyl halides is 3. The number of nitrogens with one attached hydrogen (secondary N) is 2. The molecular weight excluding hydrogens is 547 g/mol. The number of hydrogen-bond donors (Lipinski definition) is 2. The second kappa shape index (κ2) is 11.5. The van der Waals surface area contributed by atoms with Gasteiger partial charge in [0.1, 0.15) is 4.21 Å². The molecule has 198 valence electrons. The van der Waals surface area contributed by atoms with Gasteiger partial charge in [-0.15, -0.1) is 11.3 Å². The summed E-state index contributed by atoms with van der Waals surface area (Å²) in [5.74, 6) is -0.178. The van der Waals surface area contributed by atoms with Gasteiger partial charge in [-0.3, -0.25) is 4.79 Å². The average molecular weight is 572 g/mol. The lowest BCUT2D eigenvalue weighted by Gasteiger charge is -2.16. The highest BCUT2D eigenvalue weighted by Crippen LogP contribution is 2.30. The number of rotatable bonds is 9. The van der Waals surface area contributed by atoms with Gasteiger partial charge in [0, 0.05) is 35.1 Å². The second-order valence-corrected chi connectivity index (χ2v) is 12.5. The first-order valence-corrected chi connectivity index (χ1v) is 14.2. The number of halogens is 4. The van der Waals surface area contributed by atoms with Crippen LogP contribution in [0.5, 0.6) is 0 Å². The number of carbonyl (C=O) groups is 1. The van der Waals surface area contributed by atoms with E-state index in [2.05, 4.69) is 10.6 Å². The number of nitrogens with zero attached hydrogens (tertiary/aromatic N) is 1. The van der Waals surface area contributed by atoms with E-state index in [1.54, 1.807) is 36.4 Å². The van der Waals surface area contributed by atoms with Crippen molar-refractivity contribution < 1.29 is 26.4 Å². The quantitative estimate of drug-likeness (QED) is 0.372. The molecule has 0 aliphatic carbocycles. The van der Waals surface area contributed by atoms with Crippen LogP contribution < -0.4 is 10.6 Å². The number of amides is 1. The SMILES string of the molecule is O=C(NCc1ccc(S(=O)(=O)N2CC[C@H](CNCc3ccc(C(F)(F)F)cc3)C2)s1)c1ccc(Cl)cc1. The van der Waals surface area contributed by atoms with E-state index in [1.165, 1.54) is 16.4 Å². The largest absolute Gasteiger partial charge is 0.416 e. The van der Waals surface area contributed by atoms with Crippen molar-refractivity contribution >= 4 is 38.9 Å². The normalized spacial score (nSPS) is 16.7. The highest BCUT2D eigenvalue weighted by Gasteiger charge is 2.33. The third kappa shape index (κ3) is 7.11. The third-order valence-corrected chi connectivity index (χ3v) is 9.72. The van der Waals surface area contributed by atoms with Gasteiger partial charge in [0.2, 0.25) is 0 Å². The average Bonchev–Trinajstić information content (AvgIpc) is 3.54. The van der Waals surface area contributed by atoms with Gasteiger partial charge in [-0.05, 0) is 73.0 Å². The molecule has 1 aliphatic rings. The Labute approximate surface area is 222 Å². The van der Waals surface area contributed by atoms with Crippen molar-refractivity contribution in [3.8, 4) is 0 Å². The summed E-state index contributed by atoms with van der Waals surface area (Å²) in [4.78, 5) is 13.0. The van der Waals surface area contributed by atoms with E-state index in [1.807, 2.05) is 0 Å². The molecule has 1 amide bonds. The van der Waals surface area contributed by atoms with Crippen LogP contribution in [-0.2, 0) is 29.3 Å². The molecule has 2 heterocycles. The molecular formula is C25H25ClF3N3O3S2. The lowest BCUT2D eigenvalue weighted by atomic mass is 10.1. The van der Waals surface area contributed by atoms with Crippen LogP contribution in [0.25, 0.3) is 0 Å². The van der Waals surface area contributed by atoms with Gasteiger partial charge in [-0.25, -0.2) is 8.42 Å². The van der Waals surface area contributed by atoms with Crippen LogP contribution in [0.3, 0.4) is 0 Å². The van der Waals surface area contributed by atoms with Gasteiger partial charge in [0.25, 0.3) is 15.9 Å². The molecule has 1 saturated heterocycles. The van der Waals surface area contributed by atoms with Crippen LogP contribution in [0.15, 0.2) is 64.9 Å². The highest BCUT2D eigenvalue weighted by atomic mass is 35.5. The van der Waals surface area contributed by atoms with E-state index in [0.29, 0.717) is 43.2 Å². The van der Waals surface area contributed by atoms with E-state index >= 15 is 0 Å². The van der Waals surface area contributed by atoms with Crippen molar-refractivity contribution in [3.63, 3.8) is 0 Å². The van der Waals surface area contributed by atoms with E-state index in [0.717, 1.165) is 33.9 Å². The van der Waals surface area contributed by atoms with Gasteiger partial charge < -0.3 is 10.6 Å². The molecule has 12 heteroatoms. The standard InChI is InChI=1S/C25H25ClF3N3O3S2/c26-21-7-3-19(4-8-21)24(33)31-15-22-9-10-23(36-22)37(34,35)32-12-11-18(16-32)14-30-13-17-1-5-20(6-2-17)25(27,28)29/h1-10,18,30H,11-16H2,(H,31,33)/t18-/m1/s1. The molecule has 3 aromatic rings. The summed E-state index contributed by atoms with van der Waals surface area (Å²) < 4.78 is 66.0. The summed E-state index contributed by atoms with van der Waals surface area (Å²) in [5.41, 5.74) is 0.502. The fourth-order valence-corrected chi connectivity index (χ4v) is 7.11. The van der Waals surface area contributed by atoms with Crippen LogP contribution in [0.4, 0.5) is 13.2 Å². The Hall–Kier alpha value is -2.44. The zero-order valence-corrected chi connectivity index (χ0v) is 22.0. The van der Waals surface area contributed by atoms with E-state index in [4.69, 9.17) is 11.6 Å². The molecule has 0 radical (unpaired) electrons. The molecule has 1 atom stereocenters. The van der Waals surface area contributed by atoms with Gasteiger partial charge >= 0.3 is 6.18 Å². The molecule has 1 aromatic heterocycles. The van der Waals surface area contributed by atoms with Crippen LogP contribution in [0.1, 0.15) is 32.8 Å². The minimum atomic E-state index is -4.36. The Morgan fingerprint density at radius 1 is 1.03 bits per heavy atom. The number of sulfonamides is 1. The van der Waals surface area contributed by atoms with Crippen molar-refractivity contribution in [2.45, 2.75) is 29.9 Å². The summed E-state index contributed by atoms with van der Waals surface area (Å²) in [6.07, 6.45) is -3.67. The predicted octanol–water partition coefficient (Wildman–Crippen LogP) is 5.15. The fourth-order valence-electron chi connectivity index (χ4n) is 4.00. The van der Waals surface area contributed by atoms with Crippen LogP contribution >= 0.6 is 22.9 Å². The minimum Gasteiger partial charge on any atom is -0.347 e. The van der Waals surface area contributed by atoms with Crippen molar-refractivity contribution in [3.05, 3.63) is 87.3 Å². The van der Waals surface area contributed by atoms with Crippen LogP contribution in [-0.4, -0.2) is 38.3 Å². The predicted molar refractivity (Wildman–Crippen MR) is 137 cm³/mol. The summed E-state index contributed by atoms with van der Waals surface area (Å²) in [7, 11) is -3.65. The van der Waals surface area contributed by atoms with Gasteiger partial charge in [0.05, 0.1) is 12.1 Å². The molecule has 2 N–H and O–H groups in total. The number of benzene rings is 2. The lowest BCUT2D eigenvalue weighted by Crippen LogP contribution is -2.30. The Bertz CT molecular complexity index is 1330. The first-order chi connectivity index (χ1) is 17.5. The molecule has 1 aliphatic heterocycles. The van der Waals surface area contributed by atoms with E-state index < -0.39 is 21.8 Å². The topological polar surface area (TPSA) is 78.5 Å². The molecule has 0 spiro atoms. The second-order valence-electron chi connectivity index (χ2n) is 8.75. The number of thiophene rings is 1. The molecule has 2 aromatic carbocycles. The van der Waals surface area contributed by atoms with Gasteiger partial charge in [-0.2, -0.15) is 17.5 Å². The van der Waals surface area contributed by atoms with Crippen molar-refractivity contribution in [1.29, 1.82) is 0 Å². The third-order valence-electron chi connectivity index (χ3n) is 6.05. The lowest BCUT2D eigenvalue weighted by molar-refractivity contribution is -0.137. The molecule has 0 unspecified atom stereocenters. The number of carbonyl (C=O) groups excluding carboxylic acids is 1. The van der Waals surface area contributed by atoms with Crippen molar-refractivity contribution in [2.24, 2.45) is 5.92 Å². The Morgan fingerprint density at radius 3 is 2.41 bits per heavy atom. The van der Waals surface area contributed by atoms with E-state index in [-0.39, 0.29) is 22.6 Å². The number of hydrogen-bond acceptors (Lipinski definition) is 5. The zero-order chi connectivity index (χ0) is 26.6. The summed E-state index contributed by atoms with van der Waals surface area (Å²) in [6, 6.07) is 14.7. The molecule has 4 rings (SSSR count). The van der Waals surface area contributed by atoms with Crippen LogP contribution in [0, 0.1) is 5.92 Å². The van der Waals surface area contributed by atoms with Crippen molar-refractivity contribution in [1.82, 2.24) is 14.9 Å². The Balaban J connectivity index is 1.25. The Morgan fingerprint density at radius 2 is 1.73 bits per heavy atom. The summed E-state index contributed by atoms with van der Waals surface area (Å²) >= 11 is 6.96. The van der Waals surface area contributed by atoms with Crippen LogP contribution in [0.2, 0.25) is 5.02 Å². The van der Waals surface area contributed by atoms with E-state index in [9.17, 15) is 26.4 Å². The van der Waals surface area contributed by atoms with Gasteiger partial charge in [0.15, 0.2) is 0 Å². The van der Waals surface area contributed by atoms with Crippen molar-refractivity contribution in [2.75, 3.05) is 19.6 Å². The molecule has 0 bridgehead atoms. The molecule has 0 saturated carbocycles. The minimum absolute atomic E-state index is 0.0994. The maximum absolute atomic E-state index is 13.1. The maximum Gasteiger partial charge on any atom is 0.416 e. The Kier molecular flexibility index (Phi) is 8.59. The molecule has 6 nitrogen and oxygen atoms in total. The summed E-state index contributed by atoms with van der Waals surface area (Å²) in [5, 5.41) is 6.52. The fraction of sp³-hybridized carbons (Fsp3) is 0.320. The monoisotopic (exact) mass is 571 g/mol. The smallest absolute Gasteiger partial charge is 0.347 e. The first kappa shape index (κ1) is 27.6. The molecule has 37 heavy (non-hydrogen) atoms.